The zero-order valence-electron chi connectivity index (χ0n) is 12.1. The molecule has 0 aliphatic rings. The Bertz CT molecular complexity index is 672. The zero-order chi connectivity index (χ0) is 15.2. The summed E-state index contributed by atoms with van der Waals surface area (Å²) in [6.45, 7) is 4.24. The molecule has 0 bridgehead atoms. The lowest BCUT2D eigenvalue weighted by molar-refractivity contribution is -0.119. The highest BCUT2D eigenvalue weighted by Crippen LogP contribution is 2.24. The highest BCUT2D eigenvalue weighted by Gasteiger charge is 2.08. The standard InChI is InChI=1S/C15H18N2O4/c1-3-4-12(18)7-8-20-13-6-5-11(9-10(13)2)14-16-17-15(19)21-14/h5-6,9H,3-4,7-8H2,1-2H3,(H,17,19). The van der Waals surface area contributed by atoms with E-state index in [1.54, 1.807) is 12.1 Å². The molecule has 1 aromatic carbocycles. The van der Waals surface area contributed by atoms with Crippen LogP contribution in [0, 0.1) is 6.92 Å². The highest BCUT2D eigenvalue weighted by molar-refractivity contribution is 5.78. The molecule has 21 heavy (non-hydrogen) atoms. The number of aryl methyl sites for hydroxylation is 1. The van der Waals surface area contributed by atoms with Gasteiger partial charge < -0.3 is 9.15 Å². The van der Waals surface area contributed by atoms with Gasteiger partial charge in [-0.1, -0.05) is 6.92 Å². The van der Waals surface area contributed by atoms with E-state index in [0.717, 1.165) is 12.0 Å². The molecule has 6 heteroatoms. The van der Waals surface area contributed by atoms with Gasteiger partial charge in [-0.3, -0.25) is 4.79 Å². The number of carbonyl (C=O) groups excluding carboxylic acids is 1. The number of benzene rings is 1. The maximum Gasteiger partial charge on any atom is 0.434 e. The number of H-pyrrole nitrogens is 1. The van der Waals surface area contributed by atoms with Crippen LogP contribution < -0.4 is 10.5 Å². The van der Waals surface area contributed by atoms with Crippen molar-refractivity contribution in [2.45, 2.75) is 33.1 Å². The van der Waals surface area contributed by atoms with E-state index in [1.807, 2.05) is 19.9 Å². The number of nitrogens with zero attached hydrogens (tertiary/aromatic N) is 1. The lowest BCUT2D eigenvalue weighted by atomic mass is 10.1. The van der Waals surface area contributed by atoms with Crippen LogP contribution in [0.5, 0.6) is 5.75 Å². The first kappa shape index (κ1) is 15.0. The molecule has 1 N–H and O–H groups in total. The first-order valence-electron chi connectivity index (χ1n) is 6.91. The van der Waals surface area contributed by atoms with E-state index in [0.29, 0.717) is 30.8 Å². The molecule has 0 unspecified atom stereocenters. The third-order valence-electron chi connectivity index (χ3n) is 3.03. The van der Waals surface area contributed by atoms with Crippen LogP contribution in [-0.2, 0) is 4.79 Å². The lowest BCUT2D eigenvalue weighted by Gasteiger charge is -2.09. The quantitative estimate of drug-likeness (QED) is 0.846. The SMILES string of the molecule is CCCC(=O)CCOc1ccc(-c2n[nH]c(=O)o2)cc1C. The molecule has 1 heterocycles. The summed E-state index contributed by atoms with van der Waals surface area (Å²) in [6, 6.07) is 5.36. The average Bonchev–Trinajstić information content (AvgIpc) is 2.87. The van der Waals surface area contributed by atoms with Crippen molar-refractivity contribution in [1.29, 1.82) is 0 Å². The molecule has 0 atom stereocenters. The van der Waals surface area contributed by atoms with Crippen molar-refractivity contribution in [3.8, 4) is 17.2 Å². The van der Waals surface area contributed by atoms with Crippen LogP contribution in [0.15, 0.2) is 27.4 Å². The van der Waals surface area contributed by atoms with Gasteiger partial charge in [0.05, 0.1) is 6.61 Å². The normalized spacial score (nSPS) is 10.6. The van der Waals surface area contributed by atoms with Crippen molar-refractivity contribution in [3.63, 3.8) is 0 Å². The van der Waals surface area contributed by atoms with Crippen molar-refractivity contribution in [1.82, 2.24) is 10.2 Å². The topological polar surface area (TPSA) is 85.2 Å². The van der Waals surface area contributed by atoms with Crippen molar-refractivity contribution in [2.24, 2.45) is 0 Å². The summed E-state index contributed by atoms with van der Waals surface area (Å²) in [4.78, 5) is 22.4. The smallest absolute Gasteiger partial charge is 0.434 e. The maximum atomic E-state index is 11.4. The van der Waals surface area contributed by atoms with E-state index in [1.165, 1.54) is 0 Å². The predicted octanol–water partition coefficient (Wildman–Crippen LogP) is 2.48. The van der Waals surface area contributed by atoms with Crippen LogP contribution in [-0.4, -0.2) is 22.6 Å². The third-order valence-corrected chi connectivity index (χ3v) is 3.03. The van der Waals surface area contributed by atoms with Crippen LogP contribution in [0.1, 0.15) is 31.7 Å². The fraction of sp³-hybridized carbons (Fsp3) is 0.400. The molecule has 0 amide bonds. The molecule has 1 aromatic heterocycles. The van der Waals surface area contributed by atoms with Gasteiger partial charge in [0.15, 0.2) is 0 Å². The summed E-state index contributed by atoms with van der Waals surface area (Å²) >= 11 is 0. The molecule has 112 valence electrons. The van der Waals surface area contributed by atoms with Gasteiger partial charge in [-0.2, -0.15) is 0 Å². The Labute approximate surface area is 122 Å². The Balaban J connectivity index is 1.99. The number of Topliss-reactive ketones (excluding diaryl/α,β-unsaturated/α-hetero) is 1. The molecule has 6 nitrogen and oxygen atoms in total. The monoisotopic (exact) mass is 290 g/mol. The minimum absolute atomic E-state index is 0.213. The largest absolute Gasteiger partial charge is 0.493 e. The summed E-state index contributed by atoms with van der Waals surface area (Å²) < 4.78 is 10.5. The van der Waals surface area contributed by atoms with Crippen molar-refractivity contribution >= 4 is 5.78 Å². The molecule has 0 aliphatic heterocycles. The van der Waals surface area contributed by atoms with Gasteiger partial charge in [0.25, 0.3) is 0 Å². The van der Waals surface area contributed by atoms with Crippen LogP contribution >= 0.6 is 0 Å². The van der Waals surface area contributed by atoms with Gasteiger partial charge in [0.1, 0.15) is 11.5 Å². The van der Waals surface area contributed by atoms with Gasteiger partial charge in [0, 0.05) is 18.4 Å². The Morgan fingerprint density at radius 2 is 2.19 bits per heavy atom. The summed E-state index contributed by atoms with van der Waals surface area (Å²) in [5.41, 5.74) is 1.58. The van der Waals surface area contributed by atoms with E-state index in [2.05, 4.69) is 10.2 Å². The van der Waals surface area contributed by atoms with Crippen LogP contribution in [0.25, 0.3) is 11.5 Å². The number of hydrogen-bond acceptors (Lipinski definition) is 5. The molecule has 0 spiro atoms. The number of ether oxygens (including phenoxy) is 1. The predicted molar refractivity (Wildman–Crippen MR) is 77.3 cm³/mol. The number of rotatable bonds is 7. The molecule has 2 aromatic rings. The number of nitrogens with one attached hydrogen (secondary N) is 1. The summed E-state index contributed by atoms with van der Waals surface area (Å²) in [5, 5.41) is 5.99. The molecule has 0 saturated heterocycles. The zero-order valence-corrected chi connectivity index (χ0v) is 12.1. The van der Waals surface area contributed by atoms with E-state index in [9.17, 15) is 9.59 Å². The molecule has 2 rings (SSSR count). The van der Waals surface area contributed by atoms with Gasteiger partial charge in [-0.25, -0.2) is 9.89 Å². The second-order valence-electron chi connectivity index (χ2n) is 4.79. The van der Waals surface area contributed by atoms with Gasteiger partial charge >= 0.3 is 5.76 Å². The third kappa shape index (κ3) is 4.05. The van der Waals surface area contributed by atoms with Gasteiger partial charge in [-0.15, -0.1) is 5.10 Å². The number of hydrogen-bond donors (Lipinski definition) is 1. The van der Waals surface area contributed by atoms with E-state index < -0.39 is 5.76 Å². The Morgan fingerprint density at radius 3 is 2.81 bits per heavy atom. The number of ketones is 1. The van der Waals surface area contributed by atoms with E-state index >= 15 is 0 Å². The fourth-order valence-electron chi connectivity index (χ4n) is 1.98. The molecule has 0 aliphatic carbocycles. The first-order chi connectivity index (χ1) is 10.1. The van der Waals surface area contributed by atoms with Crippen LogP contribution in [0.2, 0.25) is 0 Å². The Morgan fingerprint density at radius 1 is 1.38 bits per heavy atom. The average molecular weight is 290 g/mol. The summed E-state index contributed by atoms with van der Waals surface area (Å²) in [7, 11) is 0. The second-order valence-corrected chi connectivity index (χ2v) is 4.79. The van der Waals surface area contributed by atoms with Crippen LogP contribution in [0.4, 0.5) is 0 Å². The number of aromatic nitrogens is 2. The van der Waals surface area contributed by atoms with Crippen molar-refractivity contribution in [2.75, 3.05) is 6.61 Å². The molecule has 0 fully saturated rings. The van der Waals surface area contributed by atoms with Crippen molar-refractivity contribution in [3.05, 3.63) is 34.3 Å². The number of aromatic amines is 1. The molecule has 0 saturated carbocycles. The van der Waals surface area contributed by atoms with Crippen LogP contribution in [0.3, 0.4) is 0 Å². The van der Waals surface area contributed by atoms with Crippen molar-refractivity contribution < 1.29 is 13.9 Å². The van der Waals surface area contributed by atoms with E-state index in [-0.39, 0.29) is 11.7 Å². The second kappa shape index (κ2) is 6.88. The fourth-order valence-corrected chi connectivity index (χ4v) is 1.98. The minimum atomic E-state index is -0.586. The molecular formula is C15H18N2O4. The first-order valence-corrected chi connectivity index (χ1v) is 6.91. The van der Waals surface area contributed by atoms with Gasteiger partial charge in [0.2, 0.25) is 5.89 Å². The minimum Gasteiger partial charge on any atom is -0.493 e. The Hall–Kier alpha value is -2.37. The number of carbonyl (C=O) groups is 1. The lowest BCUT2D eigenvalue weighted by Crippen LogP contribution is -2.06. The Kier molecular flexibility index (Phi) is 4.92. The molecule has 0 radical (unpaired) electrons. The highest BCUT2D eigenvalue weighted by atomic mass is 16.5. The summed E-state index contributed by atoms with van der Waals surface area (Å²) in [6.07, 6.45) is 1.88. The molecular weight excluding hydrogens is 272 g/mol. The summed E-state index contributed by atoms with van der Waals surface area (Å²) in [5.74, 6) is 0.580. The van der Waals surface area contributed by atoms with E-state index in [4.69, 9.17) is 9.15 Å². The van der Waals surface area contributed by atoms with Gasteiger partial charge in [-0.05, 0) is 37.1 Å². The maximum absolute atomic E-state index is 11.4.